The van der Waals surface area contributed by atoms with Crippen molar-refractivity contribution in [1.29, 1.82) is 0 Å². The first-order valence-corrected chi connectivity index (χ1v) is 8.09. The number of rotatable bonds is 5. The zero-order chi connectivity index (χ0) is 16.8. The molecule has 0 bridgehead atoms. The molecular formula is C18H20FN3O2. The van der Waals surface area contributed by atoms with Gasteiger partial charge in [-0.15, -0.1) is 0 Å². The molecule has 1 aliphatic rings. The monoisotopic (exact) mass is 329 g/mol. The third kappa shape index (κ3) is 4.29. The summed E-state index contributed by atoms with van der Waals surface area (Å²) >= 11 is 0. The number of anilines is 1. The van der Waals surface area contributed by atoms with Gasteiger partial charge in [-0.25, -0.2) is 4.39 Å². The molecule has 3 rings (SSSR count). The van der Waals surface area contributed by atoms with Crippen LogP contribution in [0, 0.1) is 5.82 Å². The maximum Gasteiger partial charge on any atom is 0.241 e. The van der Waals surface area contributed by atoms with Gasteiger partial charge in [0.1, 0.15) is 6.61 Å². The predicted molar refractivity (Wildman–Crippen MR) is 89.2 cm³/mol. The van der Waals surface area contributed by atoms with Gasteiger partial charge in [-0.2, -0.15) is 0 Å². The number of carbonyl (C=O) groups is 1. The molecule has 6 heteroatoms. The summed E-state index contributed by atoms with van der Waals surface area (Å²) < 4.78 is 19.6. The molecule has 0 unspecified atom stereocenters. The summed E-state index contributed by atoms with van der Waals surface area (Å²) in [7, 11) is 0. The highest BCUT2D eigenvalue weighted by atomic mass is 19.1. The first kappa shape index (κ1) is 16.4. The van der Waals surface area contributed by atoms with Crippen LogP contribution in [0.3, 0.4) is 0 Å². The van der Waals surface area contributed by atoms with Gasteiger partial charge in [0, 0.05) is 18.0 Å². The summed E-state index contributed by atoms with van der Waals surface area (Å²) in [5.41, 5.74) is 1.15. The van der Waals surface area contributed by atoms with E-state index in [1.165, 1.54) is 12.1 Å². The largest absolute Gasteiger partial charge is 0.484 e. The molecule has 0 saturated carbocycles. The second-order valence-corrected chi connectivity index (χ2v) is 5.75. The van der Waals surface area contributed by atoms with Crippen LogP contribution in [0.1, 0.15) is 25.0 Å². The number of hydrogen-bond acceptors (Lipinski definition) is 4. The Morgan fingerprint density at radius 3 is 2.96 bits per heavy atom. The van der Waals surface area contributed by atoms with Crippen LogP contribution in [0.4, 0.5) is 10.1 Å². The standard InChI is InChI=1S/C18H20FN3O2/c19-15-11-13(22-18(23)16-6-2-4-10-21-16)7-8-17(15)24-12-14-5-1-3-9-20-14/h1,3,5,7-9,11,16,21H,2,4,6,10,12H2,(H,22,23)/t16-/m1/s1. The second-order valence-electron chi connectivity index (χ2n) is 5.75. The molecule has 1 aromatic heterocycles. The average molecular weight is 329 g/mol. The van der Waals surface area contributed by atoms with Crippen LogP contribution in [0.2, 0.25) is 0 Å². The van der Waals surface area contributed by atoms with Gasteiger partial charge in [-0.3, -0.25) is 9.78 Å². The van der Waals surface area contributed by atoms with E-state index in [4.69, 9.17) is 4.74 Å². The summed E-state index contributed by atoms with van der Waals surface area (Å²) in [5.74, 6) is -0.508. The Morgan fingerprint density at radius 2 is 2.25 bits per heavy atom. The number of halogens is 1. The number of benzene rings is 1. The predicted octanol–water partition coefficient (Wildman–Crippen LogP) is 2.88. The maximum absolute atomic E-state index is 14.1. The summed E-state index contributed by atoms with van der Waals surface area (Å²) in [6.07, 6.45) is 4.58. The van der Waals surface area contributed by atoms with Crippen LogP contribution < -0.4 is 15.4 Å². The Morgan fingerprint density at radius 1 is 1.33 bits per heavy atom. The molecule has 2 heterocycles. The minimum atomic E-state index is -0.514. The number of ether oxygens (including phenoxy) is 1. The van der Waals surface area contributed by atoms with E-state index in [2.05, 4.69) is 15.6 Å². The van der Waals surface area contributed by atoms with E-state index in [0.29, 0.717) is 5.69 Å². The maximum atomic E-state index is 14.1. The number of hydrogen-bond donors (Lipinski definition) is 2. The highest BCUT2D eigenvalue weighted by Crippen LogP contribution is 2.22. The molecule has 5 nitrogen and oxygen atoms in total. The van der Waals surface area contributed by atoms with Crippen LogP contribution in [-0.4, -0.2) is 23.5 Å². The van der Waals surface area contributed by atoms with Gasteiger partial charge in [0.05, 0.1) is 11.7 Å². The van der Waals surface area contributed by atoms with Crippen molar-refractivity contribution in [3.05, 3.63) is 54.1 Å². The number of aromatic nitrogens is 1. The molecule has 0 spiro atoms. The molecule has 2 N–H and O–H groups in total. The van der Waals surface area contributed by atoms with Crippen LogP contribution in [0.25, 0.3) is 0 Å². The van der Waals surface area contributed by atoms with Crippen LogP contribution in [0.15, 0.2) is 42.6 Å². The number of piperidine rings is 1. The van der Waals surface area contributed by atoms with E-state index >= 15 is 0 Å². The Hall–Kier alpha value is -2.47. The van der Waals surface area contributed by atoms with Crippen LogP contribution in [0.5, 0.6) is 5.75 Å². The lowest BCUT2D eigenvalue weighted by Gasteiger charge is -2.22. The van der Waals surface area contributed by atoms with E-state index in [0.717, 1.165) is 31.5 Å². The first-order valence-electron chi connectivity index (χ1n) is 8.09. The Labute approximate surface area is 140 Å². The summed E-state index contributed by atoms with van der Waals surface area (Å²) in [4.78, 5) is 16.3. The van der Waals surface area contributed by atoms with Crippen molar-refractivity contribution in [3.8, 4) is 5.75 Å². The molecule has 24 heavy (non-hydrogen) atoms. The molecule has 1 aliphatic heterocycles. The number of carbonyl (C=O) groups excluding carboxylic acids is 1. The van der Waals surface area contributed by atoms with Gasteiger partial charge in [0.15, 0.2) is 11.6 Å². The molecule has 1 atom stereocenters. The SMILES string of the molecule is O=C(Nc1ccc(OCc2ccccn2)c(F)c1)[C@H]1CCCCN1. The van der Waals surface area contributed by atoms with E-state index in [-0.39, 0.29) is 24.3 Å². The molecule has 1 amide bonds. The number of pyridine rings is 1. The summed E-state index contributed by atoms with van der Waals surface area (Å²) in [6.45, 7) is 1.03. The van der Waals surface area contributed by atoms with Crippen molar-refractivity contribution in [1.82, 2.24) is 10.3 Å². The van der Waals surface area contributed by atoms with Gasteiger partial charge in [-0.05, 0) is 43.7 Å². The molecule has 1 fully saturated rings. The van der Waals surface area contributed by atoms with Crippen LogP contribution in [-0.2, 0) is 11.4 Å². The number of nitrogens with zero attached hydrogens (tertiary/aromatic N) is 1. The summed E-state index contributed by atoms with van der Waals surface area (Å²) in [6, 6.07) is 9.68. The lowest BCUT2D eigenvalue weighted by atomic mass is 10.0. The second kappa shape index (κ2) is 7.88. The van der Waals surface area contributed by atoms with E-state index < -0.39 is 5.82 Å². The average Bonchev–Trinajstić information content (AvgIpc) is 2.62. The van der Waals surface area contributed by atoms with Crippen molar-refractivity contribution >= 4 is 11.6 Å². The van der Waals surface area contributed by atoms with Crippen molar-refractivity contribution in [2.75, 3.05) is 11.9 Å². The molecule has 2 aromatic rings. The van der Waals surface area contributed by atoms with Crippen molar-refractivity contribution < 1.29 is 13.9 Å². The molecular weight excluding hydrogens is 309 g/mol. The molecule has 0 radical (unpaired) electrons. The van der Waals surface area contributed by atoms with Crippen molar-refractivity contribution in [3.63, 3.8) is 0 Å². The fourth-order valence-electron chi connectivity index (χ4n) is 2.64. The van der Waals surface area contributed by atoms with Gasteiger partial charge in [0.2, 0.25) is 5.91 Å². The van der Waals surface area contributed by atoms with E-state index in [9.17, 15) is 9.18 Å². The third-order valence-electron chi connectivity index (χ3n) is 3.93. The minimum Gasteiger partial charge on any atom is -0.484 e. The van der Waals surface area contributed by atoms with E-state index in [1.54, 1.807) is 12.3 Å². The highest BCUT2D eigenvalue weighted by Gasteiger charge is 2.20. The quantitative estimate of drug-likeness (QED) is 0.885. The van der Waals surface area contributed by atoms with Gasteiger partial charge < -0.3 is 15.4 Å². The Kier molecular flexibility index (Phi) is 5.38. The Bertz CT molecular complexity index is 688. The Balaban J connectivity index is 1.58. The fourth-order valence-corrected chi connectivity index (χ4v) is 2.64. The van der Waals surface area contributed by atoms with Gasteiger partial charge in [-0.1, -0.05) is 12.5 Å². The van der Waals surface area contributed by atoms with Crippen molar-refractivity contribution in [2.45, 2.75) is 31.9 Å². The smallest absolute Gasteiger partial charge is 0.241 e. The lowest BCUT2D eigenvalue weighted by Crippen LogP contribution is -2.43. The van der Waals surface area contributed by atoms with Gasteiger partial charge in [0.25, 0.3) is 0 Å². The van der Waals surface area contributed by atoms with Crippen molar-refractivity contribution in [2.24, 2.45) is 0 Å². The third-order valence-corrected chi connectivity index (χ3v) is 3.93. The van der Waals surface area contributed by atoms with Crippen LogP contribution >= 0.6 is 0 Å². The number of amides is 1. The molecule has 1 saturated heterocycles. The zero-order valence-corrected chi connectivity index (χ0v) is 13.3. The minimum absolute atomic E-state index is 0.128. The topological polar surface area (TPSA) is 63.2 Å². The highest BCUT2D eigenvalue weighted by molar-refractivity contribution is 5.94. The zero-order valence-electron chi connectivity index (χ0n) is 13.3. The summed E-state index contributed by atoms with van der Waals surface area (Å²) in [5, 5.41) is 5.91. The fraction of sp³-hybridized carbons (Fsp3) is 0.333. The van der Waals surface area contributed by atoms with E-state index in [1.807, 2.05) is 18.2 Å². The lowest BCUT2D eigenvalue weighted by molar-refractivity contribution is -0.118. The molecule has 126 valence electrons. The first-order chi connectivity index (χ1) is 11.7. The number of nitrogens with one attached hydrogen (secondary N) is 2. The normalized spacial score (nSPS) is 17.3. The molecule has 0 aliphatic carbocycles. The van der Waals surface area contributed by atoms with Gasteiger partial charge >= 0.3 is 0 Å². The molecule has 1 aromatic carbocycles.